The molecule has 0 spiro atoms. The van der Waals surface area contributed by atoms with E-state index in [1.54, 1.807) is 10.6 Å². The van der Waals surface area contributed by atoms with Gasteiger partial charge in [0.2, 0.25) is 0 Å². The molecule has 1 aliphatic carbocycles. The first kappa shape index (κ1) is 17.0. The van der Waals surface area contributed by atoms with Gasteiger partial charge in [-0.3, -0.25) is 9.36 Å². The van der Waals surface area contributed by atoms with Crippen LogP contribution in [0.25, 0.3) is 11.3 Å². The van der Waals surface area contributed by atoms with Crippen molar-refractivity contribution in [2.75, 3.05) is 12.4 Å². The highest BCUT2D eigenvalue weighted by molar-refractivity contribution is 7.99. The minimum absolute atomic E-state index is 0.000146. The van der Waals surface area contributed by atoms with Crippen LogP contribution < -0.4 is 5.56 Å². The number of allylic oxidation sites excluding steroid dienone is 1. The highest BCUT2D eigenvalue weighted by Crippen LogP contribution is 2.40. The molecule has 1 aromatic heterocycles. The Bertz CT molecular complexity index is 840. The molecule has 24 heavy (non-hydrogen) atoms. The van der Waals surface area contributed by atoms with Gasteiger partial charge in [-0.1, -0.05) is 56.0 Å². The molecule has 0 fully saturated rings. The van der Waals surface area contributed by atoms with Crippen LogP contribution in [0.5, 0.6) is 0 Å². The molecule has 3 rings (SSSR count). The summed E-state index contributed by atoms with van der Waals surface area (Å²) >= 11 is 1.40. The number of nitrogens with zero attached hydrogens (tertiary/aromatic N) is 2. The average Bonchev–Trinajstić information content (AvgIpc) is 2.54. The number of hydrogen-bond donors (Lipinski definition) is 1. The highest BCUT2D eigenvalue weighted by atomic mass is 32.2. The Morgan fingerprint density at radius 1 is 1.42 bits per heavy atom. The Hall–Kier alpha value is -1.85. The fourth-order valence-electron chi connectivity index (χ4n) is 3.35. The third-order valence-electron chi connectivity index (χ3n) is 4.35. The maximum absolute atomic E-state index is 13.2. The molecule has 4 nitrogen and oxygen atoms in total. The van der Waals surface area contributed by atoms with E-state index in [0.29, 0.717) is 17.5 Å². The fraction of sp³-hybridized carbons (Fsp3) is 0.368. The maximum Gasteiger partial charge on any atom is 0.258 e. The number of thioether (sulfide) groups is 1. The molecule has 0 bridgehead atoms. The van der Waals surface area contributed by atoms with Gasteiger partial charge in [-0.25, -0.2) is 4.98 Å². The Balaban J connectivity index is 2.31. The molecule has 126 valence electrons. The molecule has 0 atom stereocenters. The zero-order valence-electron chi connectivity index (χ0n) is 14.1. The van der Waals surface area contributed by atoms with Crippen molar-refractivity contribution in [3.8, 4) is 11.3 Å². The zero-order chi connectivity index (χ0) is 17.3. The van der Waals surface area contributed by atoms with Crippen LogP contribution >= 0.6 is 11.8 Å². The van der Waals surface area contributed by atoms with E-state index >= 15 is 0 Å². The summed E-state index contributed by atoms with van der Waals surface area (Å²) in [4.78, 5) is 18.0. The van der Waals surface area contributed by atoms with Crippen molar-refractivity contribution in [3.05, 3.63) is 58.4 Å². The lowest BCUT2D eigenvalue weighted by molar-refractivity contribution is 0.322. The van der Waals surface area contributed by atoms with E-state index in [1.807, 2.05) is 18.2 Å². The van der Waals surface area contributed by atoms with Crippen molar-refractivity contribution in [3.63, 3.8) is 0 Å². The first-order valence-electron chi connectivity index (χ1n) is 8.07. The smallest absolute Gasteiger partial charge is 0.258 e. The predicted molar refractivity (Wildman–Crippen MR) is 98.7 cm³/mol. The van der Waals surface area contributed by atoms with Crippen LogP contribution in [0, 0.1) is 0 Å². The molecule has 1 aliphatic rings. The first-order valence-corrected chi connectivity index (χ1v) is 9.06. The van der Waals surface area contributed by atoms with Crippen molar-refractivity contribution >= 4 is 11.8 Å². The van der Waals surface area contributed by atoms with Gasteiger partial charge in [-0.05, 0) is 12.0 Å². The third kappa shape index (κ3) is 2.82. The number of aliphatic hydroxyl groups is 1. The lowest BCUT2D eigenvalue weighted by atomic mass is 9.72. The summed E-state index contributed by atoms with van der Waals surface area (Å²) < 4.78 is 1.67. The second-order valence-electron chi connectivity index (χ2n) is 6.61. The van der Waals surface area contributed by atoms with Crippen LogP contribution in [0.15, 0.2) is 46.9 Å². The molecule has 0 aliphatic heterocycles. The van der Waals surface area contributed by atoms with Gasteiger partial charge < -0.3 is 5.11 Å². The van der Waals surface area contributed by atoms with Crippen LogP contribution in [0.4, 0.5) is 0 Å². The second kappa shape index (κ2) is 6.57. The van der Waals surface area contributed by atoms with Crippen LogP contribution in [0.1, 0.15) is 25.0 Å². The van der Waals surface area contributed by atoms with Crippen LogP contribution in [0.3, 0.4) is 0 Å². The summed E-state index contributed by atoms with van der Waals surface area (Å²) in [6.07, 6.45) is 2.53. The van der Waals surface area contributed by atoms with E-state index in [2.05, 4.69) is 26.5 Å². The van der Waals surface area contributed by atoms with Gasteiger partial charge in [-0.2, -0.15) is 0 Å². The largest absolute Gasteiger partial charge is 0.396 e. The van der Waals surface area contributed by atoms with Gasteiger partial charge in [0.25, 0.3) is 5.56 Å². The number of rotatable bonds is 5. The van der Waals surface area contributed by atoms with Crippen LogP contribution in [-0.4, -0.2) is 27.0 Å². The molecule has 1 aromatic carbocycles. The number of hydrogen-bond acceptors (Lipinski definition) is 4. The number of fused-ring (bicyclic) bond motifs is 3. The number of aromatic nitrogens is 2. The standard InChI is InChI=1S/C19H22N2O2S/c1-4-9-21-17(23)15-16(20-18(21)24-11-10-22)14-8-6-5-7-13(14)12-19(15,2)3/h4-8,22H,1,9-12H2,2-3H3. The molecule has 1 heterocycles. The molecule has 0 saturated heterocycles. The molecule has 0 unspecified atom stereocenters. The Kier molecular flexibility index (Phi) is 4.65. The van der Waals surface area contributed by atoms with Crippen LogP contribution in [-0.2, 0) is 18.4 Å². The fourth-order valence-corrected chi connectivity index (χ4v) is 4.09. The van der Waals surface area contributed by atoms with E-state index < -0.39 is 0 Å². The number of aliphatic hydroxyl groups excluding tert-OH is 1. The zero-order valence-corrected chi connectivity index (χ0v) is 14.9. The Morgan fingerprint density at radius 3 is 2.88 bits per heavy atom. The van der Waals surface area contributed by atoms with E-state index in [-0.39, 0.29) is 17.6 Å². The van der Waals surface area contributed by atoms with E-state index in [0.717, 1.165) is 23.2 Å². The summed E-state index contributed by atoms with van der Waals surface area (Å²) in [5.41, 5.74) is 3.56. The predicted octanol–water partition coefficient (Wildman–Crippen LogP) is 3.01. The summed E-state index contributed by atoms with van der Waals surface area (Å²) in [7, 11) is 0. The van der Waals surface area contributed by atoms with E-state index in [1.165, 1.54) is 17.3 Å². The molecular weight excluding hydrogens is 320 g/mol. The third-order valence-corrected chi connectivity index (χ3v) is 5.31. The SMILES string of the molecule is C=CCn1c(SCCO)nc2c(c1=O)C(C)(C)Cc1ccccc1-2. The second-order valence-corrected chi connectivity index (χ2v) is 7.67. The topological polar surface area (TPSA) is 55.1 Å². The van der Waals surface area contributed by atoms with Crippen molar-refractivity contribution in [2.24, 2.45) is 0 Å². The monoisotopic (exact) mass is 342 g/mol. The van der Waals surface area contributed by atoms with Crippen LogP contribution in [0.2, 0.25) is 0 Å². The highest BCUT2D eigenvalue weighted by Gasteiger charge is 2.35. The van der Waals surface area contributed by atoms with E-state index in [4.69, 9.17) is 10.1 Å². The Labute approximate surface area is 146 Å². The normalized spacial score (nSPS) is 14.8. The van der Waals surface area contributed by atoms with Gasteiger partial charge in [-0.15, -0.1) is 6.58 Å². The summed E-state index contributed by atoms with van der Waals surface area (Å²) in [6, 6.07) is 8.16. The van der Waals surface area contributed by atoms with Crippen molar-refractivity contribution in [1.29, 1.82) is 0 Å². The lowest BCUT2D eigenvalue weighted by Crippen LogP contribution is -2.38. The minimum atomic E-state index is -0.267. The molecule has 0 radical (unpaired) electrons. The quantitative estimate of drug-likeness (QED) is 0.515. The summed E-state index contributed by atoms with van der Waals surface area (Å²) in [6.45, 7) is 8.43. The molecule has 0 saturated carbocycles. The molecule has 0 amide bonds. The summed E-state index contributed by atoms with van der Waals surface area (Å²) in [5, 5.41) is 9.78. The maximum atomic E-state index is 13.2. The summed E-state index contributed by atoms with van der Waals surface area (Å²) in [5.74, 6) is 0.507. The molecule has 5 heteroatoms. The van der Waals surface area contributed by atoms with E-state index in [9.17, 15) is 4.79 Å². The van der Waals surface area contributed by atoms with Gasteiger partial charge in [0.05, 0.1) is 12.3 Å². The van der Waals surface area contributed by atoms with Gasteiger partial charge in [0.15, 0.2) is 5.16 Å². The molecular formula is C19H22N2O2S. The minimum Gasteiger partial charge on any atom is -0.396 e. The molecule has 1 N–H and O–H groups in total. The van der Waals surface area contributed by atoms with Crippen molar-refractivity contribution in [2.45, 2.75) is 37.4 Å². The average molecular weight is 342 g/mol. The van der Waals surface area contributed by atoms with Crippen molar-refractivity contribution < 1.29 is 5.11 Å². The van der Waals surface area contributed by atoms with Crippen molar-refractivity contribution in [1.82, 2.24) is 9.55 Å². The van der Waals surface area contributed by atoms with Gasteiger partial charge in [0.1, 0.15) is 0 Å². The first-order chi connectivity index (χ1) is 11.5. The molecule has 2 aromatic rings. The lowest BCUT2D eigenvalue weighted by Gasteiger charge is -2.33. The van der Waals surface area contributed by atoms with Gasteiger partial charge >= 0.3 is 0 Å². The van der Waals surface area contributed by atoms with Gasteiger partial charge in [0, 0.05) is 28.8 Å². The number of benzene rings is 1. The Morgan fingerprint density at radius 2 is 2.17 bits per heavy atom.